The SMILES string of the molecule is O=S(=O)(NC[C@@H]1COC2(CCCCC2)O1)c1cccs1. The van der Waals surface area contributed by atoms with Gasteiger partial charge in [-0.15, -0.1) is 11.3 Å². The number of hydrogen-bond donors (Lipinski definition) is 1. The molecule has 3 rings (SSSR count). The van der Waals surface area contributed by atoms with Crippen LogP contribution in [0.2, 0.25) is 0 Å². The zero-order chi connectivity index (χ0) is 14.1. The zero-order valence-electron chi connectivity index (χ0n) is 11.2. The largest absolute Gasteiger partial charge is 0.347 e. The first-order valence-electron chi connectivity index (χ1n) is 6.95. The summed E-state index contributed by atoms with van der Waals surface area (Å²) >= 11 is 1.21. The fourth-order valence-electron chi connectivity index (χ4n) is 2.76. The molecule has 0 radical (unpaired) electrons. The van der Waals surface area contributed by atoms with Crippen LogP contribution < -0.4 is 4.72 Å². The van der Waals surface area contributed by atoms with Crippen molar-refractivity contribution in [1.82, 2.24) is 4.72 Å². The van der Waals surface area contributed by atoms with Crippen LogP contribution in [0.4, 0.5) is 0 Å². The Morgan fingerprint density at radius 1 is 1.35 bits per heavy atom. The van der Waals surface area contributed by atoms with E-state index in [-0.39, 0.29) is 12.6 Å². The standard InChI is InChI=1S/C13H19NO4S2/c15-20(16,12-5-4-8-19-12)14-9-11-10-17-13(18-11)6-2-1-3-7-13/h4-5,8,11,14H,1-3,6-7,9-10H2/t11-/m1/s1. The second-order valence-corrected chi connectivity index (χ2v) is 8.25. The molecule has 20 heavy (non-hydrogen) atoms. The summed E-state index contributed by atoms with van der Waals surface area (Å²) in [6, 6.07) is 3.33. The van der Waals surface area contributed by atoms with Gasteiger partial charge in [-0.1, -0.05) is 12.5 Å². The molecule has 1 saturated heterocycles. The Kier molecular flexibility index (Phi) is 4.14. The van der Waals surface area contributed by atoms with E-state index in [0.717, 1.165) is 25.7 Å². The average molecular weight is 317 g/mol. The maximum absolute atomic E-state index is 12.0. The van der Waals surface area contributed by atoms with Crippen molar-refractivity contribution in [2.24, 2.45) is 0 Å². The molecule has 0 bridgehead atoms. The van der Waals surface area contributed by atoms with Crippen molar-refractivity contribution in [1.29, 1.82) is 0 Å². The molecule has 2 aliphatic rings. The molecule has 0 aromatic carbocycles. The van der Waals surface area contributed by atoms with Gasteiger partial charge >= 0.3 is 0 Å². The molecule has 1 aromatic heterocycles. The molecule has 7 heteroatoms. The summed E-state index contributed by atoms with van der Waals surface area (Å²) in [7, 11) is -3.41. The summed E-state index contributed by atoms with van der Waals surface area (Å²) in [5.41, 5.74) is 0. The summed E-state index contributed by atoms with van der Waals surface area (Å²) in [4.78, 5) is 0. The third-order valence-corrected chi connectivity index (χ3v) is 6.61. The minimum absolute atomic E-state index is 0.192. The molecule has 1 N–H and O–H groups in total. The lowest BCUT2D eigenvalue weighted by atomic mass is 9.94. The van der Waals surface area contributed by atoms with Crippen molar-refractivity contribution in [3.8, 4) is 0 Å². The Morgan fingerprint density at radius 3 is 2.85 bits per heavy atom. The molecule has 2 fully saturated rings. The molecule has 1 aliphatic heterocycles. The van der Waals surface area contributed by atoms with Crippen molar-refractivity contribution >= 4 is 21.4 Å². The highest BCUT2D eigenvalue weighted by atomic mass is 32.2. The smallest absolute Gasteiger partial charge is 0.250 e. The Labute approximate surface area is 123 Å². The normalized spacial score (nSPS) is 26.1. The topological polar surface area (TPSA) is 64.6 Å². The van der Waals surface area contributed by atoms with Crippen LogP contribution in [0.3, 0.4) is 0 Å². The summed E-state index contributed by atoms with van der Waals surface area (Å²) < 4.78 is 38.7. The molecule has 1 aliphatic carbocycles. The van der Waals surface area contributed by atoms with Crippen molar-refractivity contribution in [3.63, 3.8) is 0 Å². The molecule has 0 unspecified atom stereocenters. The van der Waals surface area contributed by atoms with Gasteiger partial charge in [0.2, 0.25) is 10.0 Å². The maximum atomic E-state index is 12.0. The molecule has 1 spiro atoms. The zero-order valence-corrected chi connectivity index (χ0v) is 12.8. The Bertz CT molecular complexity index is 535. The number of rotatable bonds is 4. The second kappa shape index (κ2) is 5.73. The fourth-order valence-corrected chi connectivity index (χ4v) is 4.86. The van der Waals surface area contributed by atoms with Gasteiger partial charge in [-0.3, -0.25) is 0 Å². The second-order valence-electron chi connectivity index (χ2n) is 5.31. The maximum Gasteiger partial charge on any atom is 0.250 e. The number of ether oxygens (including phenoxy) is 2. The third-order valence-electron chi connectivity index (χ3n) is 3.79. The van der Waals surface area contributed by atoms with Gasteiger partial charge in [-0.2, -0.15) is 0 Å². The number of thiophene rings is 1. The molecule has 5 nitrogen and oxygen atoms in total. The number of sulfonamides is 1. The van der Waals surface area contributed by atoms with E-state index in [1.165, 1.54) is 17.8 Å². The minimum atomic E-state index is -3.41. The van der Waals surface area contributed by atoms with Crippen LogP contribution in [-0.2, 0) is 19.5 Å². The Morgan fingerprint density at radius 2 is 2.15 bits per heavy atom. The van der Waals surface area contributed by atoms with E-state index in [9.17, 15) is 8.42 Å². The molecule has 1 atom stereocenters. The van der Waals surface area contributed by atoms with Gasteiger partial charge in [0.05, 0.1) is 12.7 Å². The van der Waals surface area contributed by atoms with Gasteiger partial charge in [0, 0.05) is 19.4 Å². The third kappa shape index (κ3) is 3.07. The number of nitrogens with one attached hydrogen (secondary N) is 1. The van der Waals surface area contributed by atoms with Gasteiger partial charge in [-0.25, -0.2) is 13.1 Å². The summed E-state index contributed by atoms with van der Waals surface area (Å²) in [5.74, 6) is -0.447. The van der Waals surface area contributed by atoms with Crippen LogP contribution in [-0.4, -0.2) is 33.5 Å². The van der Waals surface area contributed by atoms with Crippen LogP contribution in [0.1, 0.15) is 32.1 Å². The molecule has 1 aromatic rings. The first-order valence-corrected chi connectivity index (χ1v) is 9.31. The van der Waals surface area contributed by atoms with Crippen molar-refractivity contribution in [3.05, 3.63) is 17.5 Å². The monoisotopic (exact) mass is 317 g/mol. The lowest BCUT2D eigenvalue weighted by Gasteiger charge is -2.31. The quantitative estimate of drug-likeness (QED) is 0.923. The van der Waals surface area contributed by atoms with Crippen LogP contribution in [0.25, 0.3) is 0 Å². The minimum Gasteiger partial charge on any atom is -0.347 e. The first-order chi connectivity index (χ1) is 9.60. The van der Waals surface area contributed by atoms with E-state index in [1.54, 1.807) is 17.5 Å². The molecule has 0 amide bonds. The highest BCUT2D eigenvalue weighted by Crippen LogP contribution is 2.37. The molecule has 2 heterocycles. The van der Waals surface area contributed by atoms with Gasteiger partial charge in [0.15, 0.2) is 5.79 Å². The fraction of sp³-hybridized carbons (Fsp3) is 0.692. The average Bonchev–Trinajstić information content (AvgIpc) is 3.08. The van der Waals surface area contributed by atoms with Crippen molar-refractivity contribution in [2.45, 2.75) is 48.2 Å². The van der Waals surface area contributed by atoms with E-state index >= 15 is 0 Å². The van der Waals surface area contributed by atoms with Crippen LogP contribution in [0.5, 0.6) is 0 Å². The molecular weight excluding hydrogens is 298 g/mol. The van der Waals surface area contributed by atoms with Gasteiger partial charge in [0.25, 0.3) is 0 Å². The lowest BCUT2D eigenvalue weighted by Crippen LogP contribution is -2.37. The van der Waals surface area contributed by atoms with Crippen molar-refractivity contribution < 1.29 is 17.9 Å². The highest BCUT2D eigenvalue weighted by molar-refractivity contribution is 7.91. The van der Waals surface area contributed by atoms with E-state index < -0.39 is 15.8 Å². The van der Waals surface area contributed by atoms with E-state index in [1.807, 2.05) is 0 Å². The van der Waals surface area contributed by atoms with E-state index in [0.29, 0.717) is 10.8 Å². The highest BCUT2D eigenvalue weighted by Gasteiger charge is 2.42. The van der Waals surface area contributed by atoms with E-state index in [4.69, 9.17) is 9.47 Å². The van der Waals surface area contributed by atoms with Crippen LogP contribution in [0.15, 0.2) is 21.7 Å². The summed E-state index contributed by atoms with van der Waals surface area (Å²) in [6.45, 7) is 0.731. The van der Waals surface area contributed by atoms with Crippen LogP contribution >= 0.6 is 11.3 Å². The van der Waals surface area contributed by atoms with Gasteiger partial charge in [0.1, 0.15) is 4.21 Å². The van der Waals surface area contributed by atoms with Crippen molar-refractivity contribution in [2.75, 3.05) is 13.2 Å². The predicted molar refractivity (Wildman–Crippen MR) is 76.1 cm³/mol. The van der Waals surface area contributed by atoms with Gasteiger partial charge in [-0.05, 0) is 24.3 Å². The Balaban J connectivity index is 1.55. The molecule has 112 valence electrons. The number of hydrogen-bond acceptors (Lipinski definition) is 5. The Hall–Kier alpha value is -0.470. The predicted octanol–water partition coefficient (Wildman–Crippen LogP) is 2.10. The lowest BCUT2D eigenvalue weighted by molar-refractivity contribution is -0.186. The van der Waals surface area contributed by atoms with Gasteiger partial charge < -0.3 is 9.47 Å². The van der Waals surface area contributed by atoms with E-state index in [2.05, 4.69) is 4.72 Å². The first kappa shape index (κ1) is 14.5. The summed E-state index contributed by atoms with van der Waals surface area (Å²) in [6.07, 6.45) is 5.11. The van der Waals surface area contributed by atoms with Crippen LogP contribution in [0, 0.1) is 0 Å². The molecular formula is C13H19NO4S2. The summed E-state index contributed by atoms with van der Waals surface area (Å²) in [5, 5.41) is 1.75. The molecule has 1 saturated carbocycles.